The lowest BCUT2D eigenvalue weighted by Gasteiger charge is -2.20. The smallest absolute Gasteiger partial charge is 0.262 e. The van der Waals surface area contributed by atoms with Crippen LogP contribution in [0, 0.1) is 0 Å². The van der Waals surface area contributed by atoms with Crippen molar-refractivity contribution in [2.24, 2.45) is 0 Å². The molecule has 1 aliphatic heterocycles. The molecule has 0 bridgehead atoms. The third-order valence-electron chi connectivity index (χ3n) is 4.44. The van der Waals surface area contributed by atoms with Crippen molar-refractivity contribution in [2.75, 3.05) is 7.11 Å². The summed E-state index contributed by atoms with van der Waals surface area (Å²) in [7, 11) is 1.53. The van der Waals surface area contributed by atoms with Crippen LogP contribution < -0.4 is 4.74 Å². The van der Waals surface area contributed by atoms with E-state index in [1.165, 1.54) is 7.11 Å². The van der Waals surface area contributed by atoms with Gasteiger partial charge < -0.3 is 4.74 Å². The minimum Gasteiger partial charge on any atom is -0.497 e. The van der Waals surface area contributed by atoms with Gasteiger partial charge in [0.25, 0.3) is 11.8 Å². The molecule has 0 spiro atoms. The highest BCUT2D eigenvalue weighted by atomic mass is 16.5. The molecule has 2 amide bonds. The fourth-order valence-corrected chi connectivity index (χ4v) is 3.27. The Morgan fingerprint density at radius 1 is 0.957 bits per heavy atom. The van der Waals surface area contributed by atoms with Gasteiger partial charge in [-0.1, -0.05) is 18.2 Å². The molecule has 0 saturated carbocycles. The fourth-order valence-electron chi connectivity index (χ4n) is 3.27. The van der Waals surface area contributed by atoms with Crippen LogP contribution in [0.4, 0.5) is 0 Å². The predicted molar refractivity (Wildman–Crippen MR) is 81.8 cm³/mol. The first-order valence-electron chi connectivity index (χ1n) is 7.30. The largest absolute Gasteiger partial charge is 0.497 e. The van der Waals surface area contributed by atoms with Gasteiger partial charge >= 0.3 is 0 Å². The summed E-state index contributed by atoms with van der Waals surface area (Å²) in [5.41, 5.74) is 2.07. The lowest BCUT2D eigenvalue weighted by molar-refractivity contribution is 0.0551. The van der Waals surface area contributed by atoms with Crippen LogP contribution in [0.25, 0.3) is 0 Å². The maximum Gasteiger partial charge on any atom is 0.262 e. The molecule has 1 aliphatic carbocycles. The van der Waals surface area contributed by atoms with Crippen LogP contribution >= 0.6 is 0 Å². The Balaban J connectivity index is 1.73. The molecule has 1 atom stereocenters. The minimum absolute atomic E-state index is 0.214. The molecule has 114 valence electrons. The Hall–Kier alpha value is -2.95. The van der Waals surface area contributed by atoms with E-state index >= 15 is 0 Å². The molecule has 2 aromatic carbocycles. The summed E-state index contributed by atoms with van der Waals surface area (Å²) in [6, 6.07) is 11.1. The topological polar surface area (TPSA) is 63.7 Å². The van der Waals surface area contributed by atoms with Gasteiger partial charge in [-0.3, -0.25) is 19.3 Å². The van der Waals surface area contributed by atoms with E-state index in [9.17, 15) is 14.4 Å². The quantitative estimate of drug-likeness (QED) is 0.797. The Morgan fingerprint density at radius 3 is 2.22 bits per heavy atom. The van der Waals surface area contributed by atoms with Crippen LogP contribution in [0.3, 0.4) is 0 Å². The summed E-state index contributed by atoms with van der Waals surface area (Å²) >= 11 is 0. The van der Waals surface area contributed by atoms with Gasteiger partial charge in [0.15, 0.2) is 5.78 Å². The Morgan fingerprint density at radius 2 is 1.61 bits per heavy atom. The summed E-state index contributed by atoms with van der Waals surface area (Å²) in [4.78, 5) is 38.9. The molecule has 0 saturated heterocycles. The van der Waals surface area contributed by atoms with Crippen LogP contribution in [-0.4, -0.2) is 35.6 Å². The van der Waals surface area contributed by atoms with Gasteiger partial charge in [-0.15, -0.1) is 0 Å². The van der Waals surface area contributed by atoms with Crippen molar-refractivity contribution in [3.8, 4) is 5.75 Å². The van der Waals surface area contributed by atoms with Gasteiger partial charge in [-0.05, 0) is 29.8 Å². The summed E-state index contributed by atoms with van der Waals surface area (Å²) in [6.07, 6.45) is 0.351. The second-order valence-corrected chi connectivity index (χ2v) is 5.63. The lowest BCUT2D eigenvalue weighted by atomic mass is 10.1. The maximum absolute atomic E-state index is 12.7. The van der Waals surface area contributed by atoms with E-state index in [4.69, 9.17) is 4.74 Å². The number of hydrogen-bond acceptors (Lipinski definition) is 4. The number of imide groups is 1. The highest BCUT2D eigenvalue weighted by Gasteiger charge is 2.45. The first-order valence-corrected chi connectivity index (χ1v) is 7.30. The molecule has 1 heterocycles. The molecule has 0 radical (unpaired) electrons. The zero-order chi connectivity index (χ0) is 16.1. The SMILES string of the molecule is COc1ccc2c(c1)C(=O)C(N1C(=O)c3ccccc3C1=O)C2. The number of ether oxygens (including phenoxy) is 1. The number of rotatable bonds is 2. The second kappa shape index (κ2) is 4.78. The Labute approximate surface area is 132 Å². The molecular weight excluding hydrogens is 294 g/mol. The van der Waals surface area contributed by atoms with E-state index in [1.54, 1.807) is 36.4 Å². The van der Waals surface area contributed by atoms with E-state index in [0.29, 0.717) is 28.9 Å². The van der Waals surface area contributed by atoms with Gasteiger partial charge in [0, 0.05) is 12.0 Å². The molecular formula is C18H13NO4. The normalized spacial score (nSPS) is 19.1. The van der Waals surface area contributed by atoms with E-state index in [2.05, 4.69) is 0 Å². The van der Waals surface area contributed by atoms with Crippen molar-refractivity contribution in [3.05, 3.63) is 64.7 Å². The van der Waals surface area contributed by atoms with E-state index in [0.717, 1.165) is 10.5 Å². The van der Waals surface area contributed by atoms with Crippen LogP contribution in [0.1, 0.15) is 36.6 Å². The Bertz CT molecular complexity index is 836. The van der Waals surface area contributed by atoms with Crippen molar-refractivity contribution < 1.29 is 19.1 Å². The van der Waals surface area contributed by atoms with Gasteiger partial charge in [-0.25, -0.2) is 0 Å². The van der Waals surface area contributed by atoms with Crippen molar-refractivity contribution >= 4 is 17.6 Å². The number of Topliss-reactive ketones (excluding diaryl/α,β-unsaturated/α-hetero) is 1. The van der Waals surface area contributed by atoms with Gasteiger partial charge in [-0.2, -0.15) is 0 Å². The molecule has 0 aromatic heterocycles. The maximum atomic E-state index is 12.7. The number of amides is 2. The lowest BCUT2D eigenvalue weighted by Crippen LogP contribution is -2.43. The monoisotopic (exact) mass is 307 g/mol. The molecule has 2 aromatic rings. The highest BCUT2D eigenvalue weighted by Crippen LogP contribution is 2.33. The molecule has 0 fully saturated rings. The fraction of sp³-hybridized carbons (Fsp3) is 0.167. The Kier molecular flexibility index (Phi) is 2.84. The van der Waals surface area contributed by atoms with Crippen molar-refractivity contribution in [1.82, 2.24) is 4.90 Å². The van der Waals surface area contributed by atoms with Gasteiger partial charge in [0.1, 0.15) is 11.8 Å². The third-order valence-corrected chi connectivity index (χ3v) is 4.44. The number of benzene rings is 2. The van der Waals surface area contributed by atoms with E-state index < -0.39 is 17.9 Å². The van der Waals surface area contributed by atoms with Crippen molar-refractivity contribution in [3.63, 3.8) is 0 Å². The molecule has 5 nitrogen and oxygen atoms in total. The second-order valence-electron chi connectivity index (χ2n) is 5.63. The van der Waals surface area contributed by atoms with E-state index in [1.807, 2.05) is 6.07 Å². The first kappa shape index (κ1) is 13.7. The van der Waals surface area contributed by atoms with E-state index in [-0.39, 0.29) is 5.78 Å². The number of carbonyl (C=O) groups excluding carboxylic acids is 3. The third kappa shape index (κ3) is 1.83. The number of nitrogens with zero attached hydrogens (tertiary/aromatic N) is 1. The average Bonchev–Trinajstić information content (AvgIpc) is 3.03. The van der Waals surface area contributed by atoms with Gasteiger partial charge in [0.2, 0.25) is 0 Å². The minimum atomic E-state index is -0.774. The highest BCUT2D eigenvalue weighted by molar-refractivity contribution is 6.24. The zero-order valence-electron chi connectivity index (χ0n) is 12.4. The molecule has 5 heteroatoms. The zero-order valence-corrected chi connectivity index (χ0v) is 12.4. The van der Waals surface area contributed by atoms with Crippen molar-refractivity contribution in [2.45, 2.75) is 12.5 Å². The molecule has 4 rings (SSSR count). The van der Waals surface area contributed by atoms with Crippen LogP contribution in [0.15, 0.2) is 42.5 Å². The number of methoxy groups -OCH3 is 1. The summed E-state index contributed by atoms with van der Waals surface area (Å²) in [5, 5.41) is 0. The molecule has 23 heavy (non-hydrogen) atoms. The first-order chi connectivity index (χ1) is 11.1. The van der Waals surface area contributed by atoms with Crippen LogP contribution in [-0.2, 0) is 6.42 Å². The summed E-state index contributed by atoms with van der Waals surface area (Å²) in [5.74, 6) is -0.430. The molecule has 0 N–H and O–H groups in total. The van der Waals surface area contributed by atoms with Crippen LogP contribution in [0.2, 0.25) is 0 Å². The standard InChI is InChI=1S/C18H13NO4/c1-23-11-7-6-10-8-15(16(20)14(10)9-11)19-17(21)12-4-2-3-5-13(12)18(19)22/h2-7,9,15H,8H2,1H3. The number of hydrogen-bond donors (Lipinski definition) is 0. The summed E-state index contributed by atoms with van der Waals surface area (Å²) < 4.78 is 5.14. The predicted octanol–water partition coefficient (Wildman–Crippen LogP) is 2.10. The van der Waals surface area contributed by atoms with Crippen molar-refractivity contribution in [1.29, 1.82) is 0 Å². The number of carbonyl (C=O) groups is 3. The molecule has 2 aliphatic rings. The van der Waals surface area contributed by atoms with Crippen LogP contribution in [0.5, 0.6) is 5.75 Å². The number of fused-ring (bicyclic) bond motifs is 2. The molecule has 1 unspecified atom stereocenters. The summed E-state index contributed by atoms with van der Waals surface area (Å²) in [6.45, 7) is 0. The average molecular weight is 307 g/mol. The number of ketones is 1. The van der Waals surface area contributed by atoms with Gasteiger partial charge in [0.05, 0.1) is 18.2 Å².